The molecule has 114 valence electrons. The summed E-state index contributed by atoms with van der Waals surface area (Å²) in [6.07, 6.45) is 0.304. The van der Waals surface area contributed by atoms with E-state index in [-0.39, 0.29) is 12.5 Å². The first-order valence-electron chi connectivity index (χ1n) is 6.63. The number of amides is 1. The molecule has 1 aromatic carbocycles. The van der Waals surface area contributed by atoms with Gasteiger partial charge in [-0.25, -0.2) is 4.79 Å². The number of nitrogens with one attached hydrogen (secondary N) is 1. The van der Waals surface area contributed by atoms with Gasteiger partial charge in [0, 0.05) is 20.3 Å². The average Bonchev–Trinajstić information content (AvgIpc) is 2.39. The molecule has 0 saturated carbocycles. The molecule has 0 aliphatic heterocycles. The van der Waals surface area contributed by atoms with Gasteiger partial charge in [0.2, 0.25) is 5.91 Å². The van der Waals surface area contributed by atoms with Crippen LogP contribution in [0.1, 0.15) is 26.3 Å². The monoisotopic (exact) mass is 293 g/mol. The fraction of sp³-hybridized carbons (Fsp3) is 0.400. The zero-order valence-electron chi connectivity index (χ0n) is 12.3. The van der Waals surface area contributed by atoms with E-state index in [1.807, 2.05) is 0 Å². The summed E-state index contributed by atoms with van der Waals surface area (Å²) in [7, 11) is 0. The van der Waals surface area contributed by atoms with Crippen molar-refractivity contribution in [2.24, 2.45) is 0 Å². The van der Waals surface area contributed by atoms with E-state index in [2.05, 4.69) is 5.32 Å². The van der Waals surface area contributed by atoms with Crippen LogP contribution in [-0.2, 0) is 25.5 Å². The molecule has 0 saturated heterocycles. The first kappa shape index (κ1) is 16.7. The van der Waals surface area contributed by atoms with Crippen LogP contribution in [0.4, 0.5) is 0 Å². The molecule has 0 aliphatic carbocycles. The molecule has 0 heterocycles. The highest BCUT2D eigenvalue weighted by molar-refractivity contribution is 5.83. The van der Waals surface area contributed by atoms with Crippen molar-refractivity contribution in [2.45, 2.75) is 33.2 Å². The van der Waals surface area contributed by atoms with Gasteiger partial charge in [-0.1, -0.05) is 12.1 Å². The van der Waals surface area contributed by atoms with Crippen molar-refractivity contribution in [2.75, 3.05) is 6.61 Å². The lowest BCUT2D eigenvalue weighted by Crippen LogP contribution is -2.42. The van der Waals surface area contributed by atoms with Crippen molar-refractivity contribution in [3.8, 4) is 5.75 Å². The van der Waals surface area contributed by atoms with Gasteiger partial charge in [0.25, 0.3) is 0 Å². The Kier molecular flexibility index (Phi) is 6.39. The molecule has 6 nitrogen and oxygen atoms in total. The largest absolute Gasteiger partial charge is 0.464 e. The van der Waals surface area contributed by atoms with E-state index in [1.165, 1.54) is 13.8 Å². The highest BCUT2D eigenvalue weighted by Crippen LogP contribution is 2.14. The molecule has 1 aromatic rings. The number of rotatable bonds is 6. The second-order valence-corrected chi connectivity index (χ2v) is 4.45. The molecule has 0 bridgehead atoms. The quantitative estimate of drug-likeness (QED) is 0.630. The first-order chi connectivity index (χ1) is 9.92. The van der Waals surface area contributed by atoms with Gasteiger partial charge in [-0.3, -0.25) is 9.59 Å². The highest BCUT2D eigenvalue weighted by Gasteiger charge is 2.21. The Hall–Kier alpha value is -2.37. The second kappa shape index (κ2) is 8.04. The molecular formula is C15H19NO5. The molecule has 0 spiro atoms. The third kappa shape index (κ3) is 6.07. The Morgan fingerprint density at radius 2 is 1.76 bits per heavy atom. The van der Waals surface area contributed by atoms with Crippen molar-refractivity contribution in [3.63, 3.8) is 0 Å². The number of ether oxygens (including phenoxy) is 2. The van der Waals surface area contributed by atoms with Gasteiger partial charge in [-0.2, -0.15) is 0 Å². The Morgan fingerprint density at radius 3 is 2.24 bits per heavy atom. The summed E-state index contributed by atoms with van der Waals surface area (Å²) in [4.78, 5) is 33.8. The summed E-state index contributed by atoms with van der Waals surface area (Å²) >= 11 is 0. The van der Waals surface area contributed by atoms with Crippen molar-refractivity contribution in [1.82, 2.24) is 5.32 Å². The van der Waals surface area contributed by atoms with Crippen molar-refractivity contribution in [3.05, 3.63) is 29.8 Å². The fourth-order valence-corrected chi connectivity index (χ4v) is 1.78. The van der Waals surface area contributed by atoms with E-state index in [0.717, 1.165) is 5.56 Å². The Labute approximate surface area is 123 Å². The topological polar surface area (TPSA) is 81.7 Å². The third-order valence-corrected chi connectivity index (χ3v) is 2.57. The average molecular weight is 293 g/mol. The van der Waals surface area contributed by atoms with Crippen molar-refractivity contribution in [1.29, 1.82) is 0 Å². The molecule has 1 atom stereocenters. The summed E-state index contributed by atoms with van der Waals surface area (Å²) in [6.45, 7) is 4.62. The van der Waals surface area contributed by atoms with Gasteiger partial charge in [0.1, 0.15) is 11.8 Å². The van der Waals surface area contributed by atoms with Crippen LogP contribution in [0.5, 0.6) is 5.75 Å². The maximum absolute atomic E-state index is 11.8. The van der Waals surface area contributed by atoms with E-state index in [1.54, 1.807) is 31.2 Å². The summed E-state index contributed by atoms with van der Waals surface area (Å²) in [5.74, 6) is -0.745. The Morgan fingerprint density at radius 1 is 1.14 bits per heavy atom. The van der Waals surface area contributed by atoms with E-state index < -0.39 is 18.0 Å². The predicted molar refractivity (Wildman–Crippen MR) is 75.7 cm³/mol. The fourth-order valence-electron chi connectivity index (χ4n) is 1.78. The summed E-state index contributed by atoms with van der Waals surface area (Å²) in [5.41, 5.74) is 0.817. The van der Waals surface area contributed by atoms with Crippen molar-refractivity contribution < 1.29 is 23.9 Å². The number of hydrogen-bond donors (Lipinski definition) is 1. The van der Waals surface area contributed by atoms with Crippen LogP contribution in [0.3, 0.4) is 0 Å². The van der Waals surface area contributed by atoms with E-state index in [4.69, 9.17) is 9.47 Å². The highest BCUT2D eigenvalue weighted by atomic mass is 16.5. The van der Waals surface area contributed by atoms with Crippen LogP contribution in [0.25, 0.3) is 0 Å². The molecule has 0 radical (unpaired) electrons. The molecule has 0 aliphatic rings. The van der Waals surface area contributed by atoms with Crippen LogP contribution in [0, 0.1) is 0 Å². The minimum Gasteiger partial charge on any atom is -0.464 e. The van der Waals surface area contributed by atoms with Gasteiger partial charge in [-0.15, -0.1) is 0 Å². The summed E-state index contributed by atoms with van der Waals surface area (Å²) < 4.78 is 9.85. The lowest BCUT2D eigenvalue weighted by atomic mass is 10.1. The smallest absolute Gasteiger partial charge is 0.328 e. The number of benzene rings is 1. The number of carbonyl (C=O) groups excluding carboxylic acids is 3. The first-order valence-corrected chi connectivity index (χ1v) is 6.63. The molecule has 1 rings (SSSR count). The normalized spacial score (nSPS) is 11.4. The zero-order chi connectivity index (χ0) is 15.8. The minimum atomic E-state index is -0.734. The number of hydrogen-bond acceptors (Lipinski definition) is 5. The van der Waals surface area contributed by atoms with Gasteiger partial charge in [-0.05, 0) is 24.6 Å². The molecule has 1 amide bonds. The lowest BCUT2D eigenvalue weighted by molar-refractivity contribution is -0.147. The van der Waals surface area contributed by atoms with Crippen LogP contribution < -0.4 is 10.1 Å². The standard InChI is InChI=1S/C15H19NO5/c1-4-20-15(19)14(16-10(2)17)9-12-5-7-13(8-6-12)21-11(3)18/h5-8,14H,4,9H2,1-3H3,(H,16,17)/t14-/m0/s1. The zero-order valence-corrected chi connectivity index (χ0v) is 12.3. The lowest BCUT2D eigenvalue weighted by Gasteiger charge is -2.16. The molecule has 21 heavy (non-hydrogen) atoms. The second-order valence-electron chi connectivity index (χ2n) is 4.45. The van der Waals surface area contributed by atoms with E-state index in [9.17, 15) is 14.4 Å². The van der Waals surface area contributed by atoms with E-state index in [0.29, 0.717) is 12.2 Å². The molecular weight excluding hydrogens is 274 g/mol. The van der Waals surface area contributed by atoms with Gasteiger partial charge < -0.3 is 14.8 Å². The van der Waals surface area contributed by atoms with Gasteiger partial charge in [0.05, 0.1) is 6.61 Å². The number of esters is 2. The van der Waals surface area contributed by atoms with Crippen LogP contribution in [0.2, 0.25) is 0 Å². The van der Waals surface area contributed by atoms with Crippen molar-refractivity contribution >= 4 is 17.8 Å². The Bertz CT molecular complexity index is 509. The third-order valence-electron chi connectivity index (χ3n) is 2.57. The minimum absolute atomic E-state index is 0.250. The maximum Gasteiger partial charge on any atom is 0.328 e. The molecule has 1 N–H and O–H groups in total. The van der Waals surface area contributed by atoms with Crippen LogP contribution >= 0.6 is 0 Å². The Balaban J connectivity index is 2.75. The molecule has 0 unspecified atom stereocenters. The van der Waals surface area contributed by atoms with Crippen LogP contribution in [0.15, 0.2) is 24.3 Å². The summed E-state index contributed by atoms with van der Waals surface area (Å²) in [5, 5.41) is 2.56. The molecule has 0 fully saturated rings. The van der Waals surface area contributed by atoms with Gasteiger partial charge in [0.15, 0.2) is 0 Å². The molecule has 0 aromatic heterocycles. The molecule has 6 heteroatoms. The van der Waals surface area contributed by atoms with E-state index >= 15 is 0 Å². The predicted octanol–water partition coefficient (Wildman–Crippen LogP) is 1.22. The maximum atomic E-state index is 11.8. The number of carbonyl (C=O) groups is 3. The van der Waals surface area contributed by atoms with Gasteiger partial charge >= 0.3 is 11.9 Å². The summed E-state index contributed by atoms with van der Waals surface area (Å²) in [6, 6.07) is 5.99. The SMILES string of the molecule is CCOC(=O)[C@H](Cc1ccc(OC(C)=O)cc1)NC(C)=O. The van der Waals surface area contributed by atoms with Crippen LogP contribution in [-0.4, -0.2) is 30.5 Å².